The van der Waals surface area contributed by atoms with Gasteiger partial charge in [-0.15, -0.1) is 0 Å². The first-order valence-electron chi connectivity index (χ1n) is 9.26. The molecule has 0 saturated heterocycles. The second-order valence-electron chi connectivity index (χ2n) is 5.83. The SMILES string of the molecule is CCC=CC[C@@H](O)C=CC=CCC=CC=CC(CC=CCCC(=O)O)OO. The lowest BCUT2D eigenvalue weighted by atomic mass is 10.2. The summed E-state index contributed by atoms with van der Waals surface area (Å²) in [6.07, 6.45) is 24.8. The Morgan fingerprint density at radius 2 is 1.59 bits per heavy atom. The van der Waals surface area contributed by atoms with Gasteiger partial charge in [0.15, 0.2) is 0 Å². The highest BCUT2D eigenvalue weighted by Gasteiger charge is 2.00. The molecule has 0 amide bonds. The van der Waals surface area contributed by atoms with E-state index in [0.717, 1.165) is 12.8 Å². The number of aliphatic hydroxyl groups excluding tert-OH is 1. The van der Waals surface area contributed by atoms with Crippen LogP contribution in [0.5, 0.6) is 0 Å². The molecular weight excluding hydrogens is 344 g/mol. The van der Waals surface area contributed by atoms with E-state index in [1.54, 1.807) is 30.4 Å². The zero-order chi connectivity index (χ0) is 20.2. The number of hydrogen-bond acceptors (Lipinski definition) is 4. The topological polar surface area (TPSA) is 87.0 Å². The molecule has 0 aliphatic carbocycles. The van der Waals surface area contributed by atoms with Crippen LogP contribution in [0.2, 0.25) is 0 Å². The van der Waals surface area contributed by atoms with Gasteiger partial charge in [0, 0.05) is 6.42 Å². The molecule has 0 saturated carbocycles. The third-order valence-corrected chi connectivity index (χ3v) is 3.40. The molecule has 150 valence electrons. The number of carboxylic acids is 1. The van der Waals surface area contributed by atoms with Gasteiger partial charge in [0.2, 0.25) is 0 Å². The van der Waals surface area contributed by atoms with E-state index >= 15 is 0 Å². The Morgan fingerprint density at radius 3 is 2.22 bits per heavy atom. The largest absolute Gasteiger partial charge is 0.481 e. The molecule has 27 heavy (non-hydrogen) atoms. The lowest BCUT2D eigenvalue weighted by molar-refractivity contribution is -0.264. The van der Waals surface area contributed by atoms with Crippen LogP contribution in [0, 0.1) is 0 Å². The van der Waals surface area contributed by atoms with Crippen LogP contribution in [0.3, 0.4) is 0 Å². The second kappa shape index (κ2) is 18.6. The van der Waals surface area contributed by atoms with Crippen molar-refractivity contribution in [3.63, 3.8) is 0 Å². The molecule has 3 N–H and O–H groups in total. The molecule has 0 aliphatic rings. The molecule has 0 heterocycles. The van der Waals surface area contributed by atoms with Gasteiger partial charge < -0.3 is 10.2 Å². The zero-order valence-electron chi connectivity index (χ0n) is 16.0. The number of hydrogen-bond donors (Lipinski definition) is 3. The van der Waals surface area contributed by atoms with Crippen molar-refractivity contribution in [1.82, 2.24) is 0 Å². The Morgan fingerprint density at radius 1 is 0.926 bits per heavy atom. The molecule has 0 aromatic rings. The molecule has 1 unspecified atom stereocenters. The van der Waals surface area contributed by atoms with Crippen molar-refractivity contribution < 1.29 is 25.2 Å². The summed E-state index contributed by atoms with van der Waals surface area (Å²) in [6, 6.07) is 0. The van der Waals surface area contributed by atoms with Crippen LogP contribution in [0.25, 0.3) is 0 Å². The van der Waals surface area contributed by atoms with Gasteiger partial charge in [0.05, 0.1) is 6.10 Å². The molecule has 0 spiro atoms. The Balaban J connectivity index is 4.00. The molecule has 0 radical (unpaired) electrons. The highest BCUT2D eigenvalue weighted by molar-refractivity contribution is 5.66. The summed E-state index contributed by atoms with van der Waals surface area (Å²) < 4.78 is 0. The van der Waals surface area contributed by atoms with Crippen molar-refractivity contribution in [3.8, 4) is 0 Å². The monoisotopic (exact) mass is 376 g/mol. The number of aliphatic hydroxyl groups is 1. The molecule has 0 fully saturated rings. The third-order valence-electron chi connectivity index (χ3n) is 3.40. The zero-order valence-corrected chi connectivity index (χ0v) is 16.0. The summed E-state index contributed by atoms with van der Waals surface area (Å²) in [5.74, 6) is -0.829. The van der Waals surface area contributed by atoms with Gasteiger partial charge in [0.1, 0.15) is 6.10 Å². The van der Waals surface area contributed by atoms with Crippen LogP contribution in [0.4, 0.5) is 0 Å². The average molecular weight is 376 g/mol. The first kappa shape index (κ1) is 24.8. The van der Waals surface area contributed by atoms with Gasteiger partial charge in [0.25, 0.3) is 0 Å². The normalized spacial score (nSPS) is 15.4. The maximum atomic E-state index is 10.4. The van der Waals surface area contributed by atoms with Crippen LogP contribution >= 0.6 is 0 Å². The van der Waals surface area contributed by atoms with E-state index in [9.17, 15) is 9.90 Å². The predicted molar refractivity (Wildman–Crippen MR) is 109 cm³/mol. The molecule has 0 aliphatic heterocycles. The molecule has 0 bridgehead atoms. The smallest absolute Gasteiger partial charge is 0.303 e. The van der Waals surface area contributed by atoms with Crippen molar-refractivity contribution in [1.29, 1.82) is 0 Å². The van der Waals surface area contributed by atoms with Crippen LogP contribution in [0.15, 0.2) is 72.9 Å². The fourth-order valence-electron chi connectivity index (χ4n) is 1.97. The van der Waals surface area contributed by atoms with E-state index < -0.39 is 18.2 Å². The van der Waals surface area contributed by atoms with E-state index in [4.69, 9.17) is 10.4 Å². The van der Waals surface area contributed by atoms with Crippen LogP contribution in [-0.2, 0) is 9.68 Å². The molecule has 0 aromatic carbocycles. The quantitative estimate of drug-likeness (QED) is 0.162. The third kappa shape index (κ3) is 18.4. The summed E-state index contributed by atoms with van der Waals surface area (Å²) in [6.45, 7) is 2.06. The molecule has 5 nitrogen and oxygen atoms in total. The van der Waals surface area contributed by atoms with E-state index in [1.165, 1.54) is 0 Å². The maximum Gasteiger partial charge on any atom is 0.303 e. The van der Waals surface area contributed by atoms with Crippen molar-refractivity contribution >= 4 is 5.97 Å². The first-order valence-corrected chi connectivity index (χ1v) is 9.26. The molecular formula is C22H32O5. The minimum absolute atomic E-state index is 0.0945. The van der Waals surface area contributed by atoms with Crippen molar-refractivity contribution in [2.24, 2.45) is 0 Å². The molecule has 5 heteroatoms. The average Bonchev–Trinajstić information content (AvgIpc) is 2.64. The van der Waals surface area contributed by atoms with Gasteiger partial charge in [-0.1, -0.05) is 79.8 Å². The Bertz CT molecular complexity index is 541. The van der Waals surface area contributed by atoms with Gasteiger partial charge in [-0.05, 0) is 32.1 Å². The van der Waals surface area contributed by atoms with Crippen LogP contribution < -0.4 is 0 Å². The van der Waals surface area contributed by atoms with Gasteiger partial charge in [-0.25, -0.2) is 4.89 Å². The van der Waals surface area contributed by atoms with Gasteiger partial charge in [-0.3, -0.25) is 10.1 Å². The van der Waals surface area contributed by atoms with E-state index in [0.29, 0.717) is 19.3 Å². The van der Waals surface area contributed by atoms with Crippen LogP contribution in [-0.4, -0.2) is 33.6 Å². The van der Waals surface area contributed by atoms with Gasteiger partial charge in [-0.2, -0.15) is 0 Å². The van der Waals surface area contributed by atoms with Crippen molar-refractivity contribution in [3.05, 3.63) is 72.9 Å². The van der Waals surface area contributed by atoms with E-state index in [1.807, 2.05) is 42.5 Å². The fourth-order valence-corrected chi connectivity index (χ4v) is 1.97. The summed E-state index contributed by atoms with van der Waals surface area (Å²) in [5.41, 5.74) is 0. The van der Waals surface area contributed by atoms with E-state index in [-0.39, 0.29) is 6.42 Å². The number of carboxylic acid groups (broad SMARTS) is 1. The molecule has 0 rings (SSSR count). The molecule has 0 aromatic heterocycles. The molecule has 2 atom stereocenters. The van der Waals surface area contributed by atoms with Gasteiger partial charge >= 0.3 is 5.97 Å². The summed E-state index contributed by atoms with van der Waals surface area (Å²) in [4.78, 5) is 14.7. The van der Waals surface area contributed by atoms with Crippen molar-refractivity contribution in [2.75, 3.05) is 0 Å². The maximum absolute atomic E-state index is 10.4. The minimum atomic E-state index is -0.829. The standard InChI is InChI=1S/C22H32O5/c1-2-3-10-15-20(23)16-11-7-5-4-6-8-12-17-21(27-26)18-13-9-14-19-22(24)25/h3,5-13,16-17,20-21,23,26H,2,4,14-15,18-19H2,1H3,(H,24,25)/t20-,21?/m1/s1. The number of allylic oxidation sites excluding steroid dienone is 8. The Labute approximate surface area is 162 Å². The fraction of sp³-hybridized carbons (Fsp3) is 0.409. The predicted octanol–water partition coefficient (Wildman–Crippen LogP) is 4.99. The summed E-state index contributed by atoms with van der Waals surface area (Å²) in [5, 5.41) is 27.0. The van der Waals surface area contributed by atoms with Crippen LogP contribution in [0.1, 0.15) is 45.4 Å². The number of carbonyl (C=O) groups is 1. The lowest BCUT2D eigenvalue weighted by Crippen LogP contribution is -2.05. The van der Waals surface area contributed by atoms with Crippen molar-refractivity contribution in [2.45, 2.75) is 57.7 Å². The highest BCUT2D eigenvalue weighted by atomic mass is 17.1. The summed E-state index contributed by atoms with van der Waals surface area (Å²) in [7, 11) is 0. The number of aliphatic carboxylic acids is 1. The second-order valence-corrected chi connectivity index (χ2v) is 5.83. The Hall–Kier alpha value is -2.21. The minimum Gasteiger partial charge on any atom is -0.481 e. The first-order chi connectivity index (χ1) is 13.1. The highest BCUT2D eigenvalue weighted by Crippen LogP contribution is 2.03. The van der Waals surface area contributed by atoms with E-state index in [2.05, 4.69) is 11.8 Å². The number of rotatable bonds is 15. The summed E-state index contributed by atoms with van der Waals surface area (Å²) >= 11 is 0. The Kier molecular flexibility index (Phi) is 17.1. The lowest BCUT2D eigenvalue weighted by Gasteiger charge is -2.04.